The molecule has 0 amide bonds. The van der Waals surface area contributed by atoms with Crippen LogP contribution in [0.5, 0.6) is 0 Å². The van der Waals surface area contributed by atoms with Crippen LogP contribution in [0.3, 0.4) is 0 Å². The third-order valence-electron chi connectivity index (χ3n) is 2.12. The molecule has 0 rings (SSSR count). The van der Waals surface area contributed by atoms with E-state index in [0.717, 1.165) is 19.4 Å². The van der Waals surface area contributed by atoms with E-state index in [1.807, 2.05) is 0 Å². The SMILES string of the molecule is C#CCCNC(CCO)C(C)(C)C. The summed E-state index contributed by atoms with van der Waals surface area (Å²) in [5, 5.41) is 12.2. The van der Waals surface area contributed by atoms with Crippen molar-refractivity contribution < 1.29 is 5.11 Å². The van der Waals surface area contributed by atoms with Gasteiger partial charge in [-0.1, -0.05) is 20.8 Å². The largest absolute Gasteiger partial charge is 0.396 e. The molecule has 0 aromatic heterocycles. The Bertz CT molecular complexity index is 164. The van der Waals surface area contributed by atoms with E-state index in [2.05, 4.69) is 32.0 Å². The van der Waals surface area contributed by atoms with Crippen molar-refractivity contribution in [3.05, 3.63) is 0 Å². The van der Waals surface area contributed by atoms with Crippen LogP contribution in [0, 0.1) is 17.8 Å². The maximum Gasteiger partial charge on any atom is 0.0446 e. The summed E-state index contributed by atoms with van der Waals surface area (Å²) < 4.78 is 0. The Hall–Kier alpha value is -0.520. The summed E-state index contributed by atoms with van der Waals surface area (Å²) in [6, 6.07) is 0.339. The first kappa shape index (κ1) is 12.5. The molecule has 76 valence electrons. The number of aliphatic hydroxyl groups excluding tert-OH is 1. The van der Waals surface area contributed by atoms with Gasteiger partial charge in [0, 0.05) is 25.6 Å². The highest BCUT2D eigenvalue weighted by Crippen LogP contribution is 2.21. The van der Waals surface area contributed by atoms with Crippen molar-refractivity contribution in [1.82, 2.24) is 5.32 Å². The Morgan fingerprint density at radius 2 is 2.08 bits per heavy atom. The molecule has 0 aromatic carbocycles. The summed E-state index contributed by atoms with van der Waals surface area (Å²) in [5.41, 5.74) is 0.178. The van der Waals surface area contributed by atoms with Gasteiger partial charge in [-0.15, -0.1) is 12.3 Å². The van der Waals surface area contributed by atoms with E-state index in [1.165, 1.54) is 0 Å². The second-order valence-electron chi connectivity index (χ2n) is 4.34. The van der Waals surface area contributed by atoms with E-state index < -0.39 is 0 Å². The van der Waals surface area contributed by atoms with Crippen LogP contribution in [0.25, 0.3) is 0 Å². The highest BCUT2D eigenvalue weighted by molar-refractivity contribution is 4.86. The van der Waals surface area contributed by atoms with Crippen molar-refractivity contribution >= 4 is 0 Å². The molecule has 0 aliphatic rings. The molecule has 0 aliphatic heterocycles. The molecule has 0 saturated heterocycles. The average Bonchev–Trinajstić information content (AvgIpc) is 2.01. The first-order valence-corrected chi connectivity index (χ1v) is 4.80. The Balaban J connectivity index is 3.89. The van der Waals surface area contributed by atoms with Gasteiger partial charge in [0.1, 0.15) is 0 Å². The monoisotopic (exact) mass is 183 g/mol. The molecule has 0 spiro atoms. The minimum Gasteiger partial charge on any atom is -0.396 e. The predicted molar refractivity (Wildman–Crippen MR) is 56.4 cm³/mol. The van der Waals surface area contributed by atoms with Crippen LogP contribution in [0.15, 0.2) is 0 Å². The Kier molecular flexibility index (Phi) is 5.77. The van der Waals surface area contributed by atoms with Crippen molar-refractivity contribution in [2.24, 2.45) is 5.41 Å². The van der Waals surface area contributed by atoms with Gasteiger partial charge in [0.25, 0.3) is 0 Å². The smallest absolute Gasteiger partial charge is 0.0446 e. The molecule has 1 atom stereocenters. The Morgan fingerprint density at radius 1 is 1.46 bits per heavy atom. The van der Waals surface area contributed by atoms with Gasteiger partial charge in [0.15, 0.2) is 0 Å². The fourth-order valence-corrected chi connectivity index (χ4v) is 1.29. The zero-order valence-corrected chi connectivity index (χ0v) is 8.93. The molecule has 0 bridgehead atoms. The standard InChI is InChI=1S/C11H21NO/c1-5-6-8-12-10(7-9-13)11(2,3)4/h1,10,12-13H,6-9H2,2-4H3. The van der Waals surface area contributed by atoms with Crippen molar-refractivity contribution in [2.45, 2.75) is 39.7 Å². The average molecular weight is 183 g/mol. The van der Waals surface area contributed by atoms with Crippen LogP contribution < -0.4 is 5.32 Å². The molecule has 0 fully saturated rings. The zero-order valence-electron chi connectivity index (χ0n) is 8.93. The number of aliphatic hydroxyl groups is 1. The fraction of sp³-hybridized carbons (Fsp3) is 0.818. The molecule has 0 aromatic rings. The summed E-state index contributed by atoms with van der Waals surface area (Å²) in [6.07, 6.45) is 6.69. The number of hydrogen-bond donors (Lipinski definition) is 2. The van der Waals surface area contributed by atoms with Crippen molar-refractivity contribution in [1.29, 1.82) is 0 Å². The van der Waals surface area contributed by atoms with Gasteiger partial charge < -0.3 is 10.4 Å². The van der Waals surface area contributed by atoms with Crippen LogP contribution in [0.1, 0.15) is 33.6 Å². The topological polar surface area (TPSA) is 32.3 Å². The van der Waals surface area contributed by atoms with E-state index in [-0.39, 0.29) is 12.0 Å². The molecule has 1 unspecified atom stereocenters. The lowest BCUT2D eigenvalue weighted by Crippen LogP contribution is -2.41. The molecule has 0 heterocycles. The number of hydrogen-bond acceptors (Lipinski definition) is 2. The highest BCUT2D eigenvalue weighted by Gasteiger charge is 2.22. The molecular weight excluding hydrogens is 162 g/mol. The van der Waals surface area contributed by atoms with Crippen molar-refractivity contribution in [3.8, 4) is 12.3 Å². The van der Waals surface area contributed by atoms with Crippen LogP contribution in [0.2, 0.25) is 0 Å². The number of terminal acetylenes is 1. The quantitative estimate of drug-likeness (QED) is 0.499. The second-order valence-corrected chi connectivity index (χ2v) is 4.34. The predicted octanol–water partition coefficient (Wildman–Crippen LogP) is 1.40. The van der Waals surface area contributed by atoms with Crippen molar-refractivity contribution in [3.63, 3.8) is 0 Å². The van der Waals surface area contributed by atoms with E-state index in [9.17, 15) is 0 Å². The second kappa shape index (κ2) is 6.01. The minimum absolute atomic E-state index is 0.178. The first-order chi connectivity index (χ1) is 6.02. The van der Waals surface area contributed by atoms with Crippen LogP contribution in [0.4, 0.5) is 0 Å². The maximum atomic E-state index is 8.88. The van der Waals surface area contributed by atoms with E-state index in [1.54, 1.807) is 0 Å². The normalized spacial score (nSPS) is 13.8. The summed E-state index contributed by atoms with van der Waals surface area (Å²) in [6.45, 7) is 7.55. The molecule has 0 radical (unpaired) electrons. The minimum atomic E-state index is 0.178. The third kappa shape index (κ3) is 5.68. The van der Waals surface area contributed by atoms with Gasteiger partial charge in [0.05, 0.1) is 0 Å². The molecule has 2 nitrogen and oxygen atoms in total. The first-order valence-electron chi connectivity index (χ1n) is 4.80. The summed E-state index contributed by atoms with van der Waals surface area (Å²) in [5.74, 6) is 2.59. The lowest BCUT2D eigenvalue weighted by molar-refractivity contribution is 0.198. The van der Waals surface area contributed by atoms with E-state index in [4.69, 9.17) is 11.5 Å². The van der Waals surface area contributed by atoms with E-state index in [0.29, 0.717) is 6.04 Å². The van der Waals surface area contributed by atoms with Gasteiger partial charge in [-0.25, -0.2) is 0 Å². The summed E-state index contributed by atoms with van der Waals surface area (Å²) in [4.78, 5) is 0. The Morgan fingerprint density at radius 3 is 2.46 bits per heavy atom. The summed E-state index contributed by atoms with van der Waals surface area (Å²) in [7, 11) is 0. The van der Waals surface area contributed by atoms with Gasteiger partial charge in [0.2, 0.25) is 0 Å². The van der Waals surface area contributed by atoms with Crippen LogP contribution in [-0.4, -0.2) is 24.3 Å². The van der Waals surface area contributed by atoms with Gasteiger partial charge in [-0.2, -0.15) is 0 Å². The van der Waals surface area contributed by atoms with E-state index >= 15 is 0 Å². The number of nitrogens with one attached hydrogen (secondary N) is 1. The van der Waals surface area contributed by atoms with Crippen LogP contribution in [-0.2, 0) is 0 Å². The maximum absolute atomic E-state index is 8.88. The molecule has 2 heteroatoms. The molecule has 13 heavy (non-hydrogen) atoms. The lowest BCUT2D eigenvalue weighted by atomic mass is 9.85. The molecule has 0 aliphatic carbocycles. The van der Waals surface area contributed by atoms with Gasteiger partial charge in [-0.05, 0) is 11.8 Å². The Labute approximate surface area is 81.7 Å². The van der Waals surface area contributed by atoms with Crippen LogP contribution >= 0.6 is 0 Å². The van der Waals surface area contributed by atoms with Gasteiger partial charge in [-0.3, -0.25) is 0 Å². The van der Waals surface area contributed by atoms with Gasteiger partial charge >= 0.3 is 0 Å². The zero-order chi connectivity index (χ0) is 10.3. The fourth-order valence-electron chi connectivity index (χ4n) is 1.29. The molecular formula is C11H21NO. The number of rotatable bonds is 5. The lowest BCUT2D eigenvalue weighted by Gasteiger charge is -2.31. The molecule has 2 N–H and O–H groups in total. The third-order valence-corrected chi connectivity index (χ3v) is 2.12. The van der Waals surface area contributed by atoms with Crippen molar-refractivity contribution in [2.75, 3.05) is 13.2 Å². The highest BCUT2D eigenvalue weighted by atomic mass is 16.3. The molecule has 0 saturated carbocycles. The summed E-state index contributed by atoms with van der Waals surface area (Å²) >= 11 is 0.